The zero-order valence-electron chi connectivity index (χ0n) is 14.1. The molecular formula is C19H22O5. The molecule has 0 spiro atoms. The van der Waals surface area contributed by atoms with Crippen molar-refractivity contribution in [2.24, 2.45) is 0 Å². The first kappa shape index (κ1) is 17.8. The SMILES string of the molecule is COc1ccc(CC(=O)C(O)Cc2ccc(OC)c(OC)c2)cc1. The molecule has 2 aromatic rings. The molecule has 1 N–H and O–H groups in total. The summed E-state index contributed by atoms with van der Waals surface area (Å²) < 4.78 is 15.5. The lowest BCUT2D eigenvalue weighted by molar-refractivity contribution is -0.126. The van der Waals surface area contributed by atoms with Crippen LogP contribution >= 0.6 is 0 Å². The predicted octanol–water partition coefficient (Wildman–Crippen LogP) is 2.43. The van der Waals surface area contributed by atoms with Crippen molar-refractivity contribution in [3.8, 4) is 17.2 Å². The molecular weight excluding hydrogens is 308 g/mol. The summed E-state index contributed by atoms with van der Waals surface area (Å²) in [6.07, 6.45) is -0.654. The van der Waals surface area contributed by atoms with Crippen molar-refractivity contribution in [2.75, 3.05) is 21.3 Å². The minimum absolute atomic E-state index is 0.179. The number of ketones is 1. The van der Waals surface area contributed by atoms with Gasteiger partial charge in [-0.2, -0.15) is 0 Å². The third kappa shape index (κ3) is 4.49. The highest BCUT2D eigenvalue weighted by atomic mass is 16.5. The second-order valence-corrected chi connectivity index (χ2v) is 5.40. The van der Waals surface area contributed by atoms with Crippen LogP contribution in [0.15, 0.2) is 42.5 Å². The molecule has 0 saturated heterocycles. The number of hydrogen-bond donors (Lipinski definition) is 1. The van der Waals surface area contributed by atoms with E-state index in [0.29, 0.717) is 11.5 Å². The van der Waals surface area contributed by atoms with Gasteiger partial charge in [-0.15, -0.1) is 0 Å². The molecule has 1 unspecified atom stereocenters. The minimum Gasteiger partial charge on any atom is -0.497 e. The van der Waals surface area contributed by atoms with Gasteiger partial charge in [0.05, 0.1) is 21.3 Å². The van der Waals surface area contributed by atoms with Crippen LogP contribution in [0.3, 0.4) is 0 Å². The van der Waals surface area contributed by atoms with Gasteiger partial charge in [0, 0.05) is 12.8 Å². The highest BCUT2D eigenvalue weighted by Gasteiger charge is 2.17. The Bertz CT molecular complexity index is 679. The summed E-state index contributed by atoms with van der Waals surface area (Å²) >= 11 is 0. The van der Waals surface area contributed by atoms with Gasteiger partial charge in [-0.25, -0.2) is 0 Å². The van der Waals surface area contributed by atoms with E-state index >= 15 is 0 Å². The van der Waals surface area contributed by atoms with Crippen LogP contribution in [-0.2, 0) is 17.6 Å². The summed E-state index contributed by atoms with van der Waals surface area (Å²) in [5.41, 5.74) is 1.65. The molecule has 0 amide bonds. The lowest BCUT2D eigenvalue weighted by atomic mass is 9.99. The fourth-order valence-electron chi connectivity index (χ4n) is 2.41. The van der Waals surface area contributed by atoms with Crippen molar-refractivity contribution in [3.63, 3.8) is 0 Å². The summed E-state index contributed by atoms with van der Waals surface area (Å²) in [4.78, 5) is 12.2. The van der Waals surface area contributed by atoms with E-state index in [1.807, 2.05) is 18.2 Å². The molecule has 128 valence electrons. The van der Waals surface area contributed by atoms with E-state index in [-0.39, 0.29) is 18.6 Å². The molecule has 0 aliphatic heterocycles. The fourth-order valence-corrected chi connectivity index (χ4v) is 2.41. The van der Waals surface area contributed by atoms with Crippen LogP contribution in [0.1, 0.15) is 11.1 Å². The molecule has 0 aliphatic rings. The van der Waals surface area contributed by atoms with Gasteiger partial charge in [0.15, 0.2) is 17.3 Å². The van der Waals surface area contributed by atoms with E-state index in [2.05, 4.69) is 0 Å². The van der Waals surface area contributed by atoms with Gasteiger partial charge in [0.2, 0.25) is 0 Å². The Hall–Kier alpha value is -2.53. The molecule has 5 nitrogen and oxygen atoms in total. The van der Waals surface area contributed by atoms with Crippen LogP contribution in [0.25, 0.3) is 0 Å². The van der Waals surface area contributed by atoms with Crippen molar-refractivity contribution < 1.29 is 24.1 Å². The second-order valence-electron chi connectivity index (χ2n) is 5.40. The third-order valence-corrected chi connectivity index (χ3v) is 3.79. The van der Waals surface area contributed by atoms with E-state index in [4.69, 9.17) is 14.2 Å². The molecule has 0 fully saturated rings. The molecule has 2 aromatic carbocycles. The van der Waals surface area contributed by atoms with Gasteiger partial charge in [-0.3, -0.25) is 4.79 Å². The topological polar surface area (TPSA) is 65.0 Å². The van der Waals surface area contributed by atoms with Gasteiger partial charge < -0.3 is 19.3 Å². The summed E-state index contributed by atoms with van der Waals surface area (Å²) in [7, 11) is 4.70. The number of rotatable bonds is 8. The van der Waals surface area contributed by atoms with Gasteiger partial charge in [-0.05, 0) is 35.4 Å². The maximum Gasteiger partial charge on any atom is 0.165 e. The Labute approximate surface area is 141 Å². The van der Waals surface area contributed by atoms with E-state index in [1.165, 1.54) is 0 Å². The molecule has 0 heterocycles. The van der Waals surface area contributed by atoms with Crippen molar-refractivity contribution in [3.05, 3.63) is 53.6 Å². The number of Topliss-reactive ketones (excluding diaryl/α,β-unsaturated/α-hetero) is 1. The predicted molar refractivity (Wildman–Crippen MR) is 91.0 cm³/mol. The molecule has 24 heavy (non-hydrogen) atoms. The zero-order valence-corrected chi connectivity index (χ0v) is 14.1. The van der Waals surface area contributed by atoms with Crippen molar-refractivity contribution >= 4 is 5.78 Å². The van der Waals surface area contributed by atoms with E-state index < -0.39 is 6.10 Å². The first-order valence-corrected chi connectivity index (χ1v) is 7.62. The van der Waals surface area contributed by atoms with Crippen LogP contribution in [0.4, 0.5) is 0 Å². The summed E-state index contributed by atoms with van der Waals surface area (Å²) in [5, 5.41) is 10.2. The van der Waals surface area contributed by atoms with Gasteiger partial charge in [0.1, 0.15) is 11.9 Å². The Morgan fingerprint density at radius 2 is 1.54 bits per heavy atom. The van der Waals surface area contributed by atoms with Crippen LogP contribution in [0.5, 0.6) is 17.2 Å². The average molecular weight is 330 g/mol. The molecule has 5 heteroatoms. The van der Waals surface area contributed by atoms with E-state index in [1.54, 1.807) is 45.6 Å². The standard InChI is InChI=1S/C19H22O5/c1-22-15-7-4-13(5-8-15)10-16(20)17(21)11-14-6-9-18(23-2)19(12-14)24-3/h4-9,12,17,21H,10-11H2,1-3H3. The number of ether oxygens (including phenoxy) is 3. The number of methoxy groups -OCH3 is 3. The van der Waals surface area contributed by atoms with Crippen molar-refractivity contribution in [1.82, 2.24) is 0 Å². The first-order chi connectivity index (χ1) is 11.6. The van der Waals surface area contributed by atoms with Crippen LogP contribution < -0.4 is 14.2 Å². The third-order valence-electron chi connectivity index (χ3n) is 3.79. The fraction of sp³-hybridized carbons (Fsp3) is 0.316. The van der Waals surface area contributed by atoms with Gasteiger partial charge in [-0.1, -0.05) is 18.2 Å². The molecule has 0 radical (unpaired) electrons. The number of aliphatic hydroxyl groups is 1. The van der Waals surface area contributed by atoms with Gasteiger partial charge in [0.25, 0.3) is 0 Å². The Balaban J connectivity index is 2.00. The number of aliphatic hydroxyl groups excluding tert-OH is 1. The van der Waals surface area contributed by atoms with Gasteiger partial charge >= 0.3 is 0 Å². The van der Waals surface area contributed by atoms with Crippen LogP contribution in [-0.4, -0.2) is 38.3 Å². The van der Waals surface area contributed by atoms with E-state index in [0.717, 1.165) is 16.9 Å². The van der Waals surface area contributed by atoms with Crippen LogP contribution in [0, 0.1) is 0 Å². The zero-order chi connectivity index (χ0) is 17.5. The first-order valence-electron chi connectivity index (χ1n) is 7.62. The highest BCUT2D eigenvalue weighted by Crippen LogP contribution is 2.28. The van der Waals surface area contributed by atoms with Crippen LogP contribution in [0.2, 0.25) is 0 Å². The molecule has 2 rings (SSSR count). The Morgan fingerprint density at radius 1 is 0.917 bits per heavy atom. The second kappa shape index (κ2) is 8.36. The van der Waals surface area contributed by atoms with Crippen molar-refractivity contribution in [2.45, 2.75) is 18.9 Å². The lowest BCUT2D eigenvalue weighted by Gasteiger charge is -2.13. The lowest BCUT2D eigenvalue weighted by Crippen LogP contribution is -2.24. The molecule has 1 atom stereocenters. The number of carbonyl (C=O) groups is 1. The largest absolute Gasteiger partial charge is 0.497 e. The molecule has 0 aliphatic carbocycles. The number of carbonyl (C=O) groups excluding carboxylic acids is 1. The highest BCUT2D eigenvalue weighted by molar-refractivity contribution is 5.85. The van der Waals surface area contributed by atoms with E-state index in [9.17, 15) is 9.90 Å². The molecule has 0 bridgehead atoms. The normalized spacial score (nSPS) is 11.7. The summed E-state index contributed by atoms with van der Waals surface area (Å²) in [6, 6.07) is 12.6. The smallest absolute Gasteiger partial charge is 0.165 e. The summed E-state index contributed by atoms with van der Waals surface area (Å²) in [5.74, 6) is 1.69. The van der Waals surface area contributed by atoms with Crippen molar-refractivity contribution in [1.29, 1.82) is 0 Å². The summed E-state index contributed by atoms with van der Waals surface area (Å²) in [6.45, 7) is 0. The number of benzene rings is 2. The monoisotopic (exact) mass is 330 g/mol. The molecule has 0 aromatic heterocycles. The molecule has 0 saturated carbocycles. The number of hydrogen-bond acceptors (Lipinski definition) is 5. The maximum atomic E-state index is 12.2. The Kier molecular flexibility index (Phi) is 6.21. The quantitative estimate of drug-likeness (QED) is 0.805. The average Bonchev–Trinajstić information content (AvgIpc) is 2.62. The maximum absolute atomic E-state index is 12.2. The Morgan fingerprint density at radius 3 is 2.12 bits per heavy atom. The minimum atomic E-state index is -1.06.